The van der Waals surface area contributed by atoms with E-state index in [4.69, 9.17) is 0 Å². The number of benzene rings is 4. The van der Waals surface area contributed by atoms with Crippen LogP contribution in [0.5, 0.6) is 5.75 Å². The van der Waals surface area contributed by atoms with Gasteiger partial charge in [0.05, 0.1) is 17.5 Å². The van der Waals surface area contributed by atoms with E-state index in [0.29, 0.717) is 41.7 Å². The van der Waals surface area contributed by atoms with E-state index in [9.17, 15) is 24.6 Å². The lowest BCUT2D eigenvalue weighted by Gasteiger charge is -2.28. The summed E-state index contributed by atoms with van der Waals surface area (Å²) in [6.07, 6.45) is 3.03. The lowest BCUT2D eigenvalue weighted by Crippen LogP contribution is -2.35. The number of amides is 1. The molecule has 232 valence electrons. The fraction of sp³-hybridized carbons (Fsp3) is 0.184. The fourth-order valence-electron chi connectivity index (χ4n) is 6.03. The quantitative estimate of drug-likeness (QED) is 0.158. The van der Waals surface area contributed by atoms with Gasteiger partial charge in [-0.05, 0) is 64.1 Å². The van der Waals surface area contributed by atoms with Crippen LogP contribution < -0.4 is 10.9 Å². The molecule has 8 heteroatoms. The minimum absolute atomic E-state index is 0.0380. The smallest absolute Gasteiger partial charge is 0.254 e. The summed E-state index contributed by atoms with van der Waals surface area (Å²) in [4.78, 5) is 41.6. The number of H-pyrrole nitrogens is 1. The van der Waals surface area contributed by atoms with Gasteiger partial charge in [0.1, 0.15) is 12.0 Å². The van der Waals surface area contributed by atoms with Crippen LogP contribution in [0, 0.1) is 0 Å². The van der Waals surface area contributed by atoms with Crippen LogP contribution in [-0.2, 0) is 11.3 Å². The average molecular weight is 614 g/mol. The van der Waals surface area contributed by atoms with Crippen molar-refractivity contribution in [2.75, 3.05) is 19.6 Å². The summed E-state index contributed by atoms with van der Waals surface area (Å²) in [5.41, 5.74) is 6.07. The summed E-state index contributed by atoms with van der Waals surface area (Å²) in [7, 11) is 0. The van der Waals surface area contributed by atoms with Crippen molar-refractivity contribution in [1.29, 1.82) is 0 Å². The number of aldehydes is 1. The molecule has 2 atom stereocenters. The van der Waals surface area contributed by atoms with Crippen LogP contribution in [0.4, 0.5) is 0 Å². The third kappa shape index (κ3) is 6.68. The zero-order valence-corrected chi connectivity index (χ0v) is 25.2. The number of carbonyl (C=O) groups is 2. The van der Waals surface area contributed by atoms with E-state index in [-0.39, 0.29) is 29.7 Å². The van der Waals surface area contributed by atoms with Gasteiger partial charge in [0.25, 0.3) is 5.91 Å². The van der Waals surface area contributed by atoms with Gasteiger partial charge >= 0.3 is 0 Å². The van der Waals surface area contributed by atoms with Crippen molar-refractivity contribution in [3.8, 4) is 5.75 Å². The first kappa shape index (κ1) is 30.7. The van der Waals surface area contributed by atoms with Crippen molar-refractivity contribution in [2.45, 2.75) is 25.0 Å². The Morgan fingerprint density at radius 1 is 0.935 bits per heavy atom. The molecule has 2 unspecified atom stereocenters. The van der Waals surface area contributed by atoms with Crippen LogP contribution in [0.1, 0.15) is 56.6 Å². The Kier molecular flexibility index (Phi) is 9.19. The first-order valence-corrected chi connectivity index (χ1v) is 15.3. The van der Waals surface area contributed by atoms with Gasteiger partial charge in [-0.25, -0.2) is 0 Å². The van der Waals surface area contributed by atoms with Crippen molar-refractivity contribution in [2.24, 2.45) is 0 Å². The van der Waals surface area contributed by atoms with Gasteiger partial charge in [0.2, 0.25) is 5.56 Å². The van der Waals surface area contributed by atoms with E-state index in [1.54, 1.807) is 12.1 Å². The number of fused-ring (bicyclic) bond motifs is 1. The molecule has 1 aliphatic heterocycles. The molecular formula is C38H35N3O5. The van der Waals surface area contributed by atoms with Crippen molar-refractivity contribution >= 4 is 28.7 Å². The van der Waals surface area contributed by atoms with Crippen LogP contribution in [0.25, 0.3) is 16.5 Å². The highest BCUT2D eigenvalue weighted by Crippen LogP contribution is 2.30. The third-order valence-corrected chi connectivity index (χ3v) is 8.48. The Morgan fingerprint density at radius 3 is 2.50 bits per heavy atom. The molecule has 4 aromatic carbocycles. The number of phenols is 1. The summed E-state index contributed by atoms with van der Waals surface area (Å²) >= 11 is 0. The number of hydrogen-bond donors (Lipinski definition) is 4. The minimum Gasteiger partial charge on any atom is -0.506 e. The molecule has 4 N–H and O–H groups in total. The second-order valence-corrected chi connectivity index (χ2v) is 11.5. The molecule has 0 spiro atoms. The van der Waals surface area contributed by atoms with E-state index in [0.717, 1.165) is 40.5 Å². The highest BCUT2D eigenvalue weighted by atomic mass is 16.3. The molecule has 0 fully saturated rings. The number of aliphatic hydroxyl groups excluding tert-OH is 1. The Morgan fingerprint density at radius 2 is 1.72 bits per heavy atom. The second-order valence-electron chi connectivity index (χ2n) is 11.5. The maximum absolute atomic E-state index is 13.5. The lowest BCUT2D eigenvalue weighted by molar-refractivity contribution is -0.108. The van der Waals surface area contributed by atoms with Crippen molar-refractivity contribution in [3.05, 3.63) is 153 Å². The largest absolute Gasteiger partial charge is 0.506 e. The van der Waals surface area contributed by atoms with E-state index < -0.39 is 6.10 Å². The Hall–Kier alpha value is -5.31. The topological polar surface area (TPSA) is 123 Å². The summed E-state index contributed by atoms with van der Waals surface area (Å²) in [6.45, 7) is 1.85. The first-order chi connectivity index (χ1) is 22.4. The lowest BCUT2D eigenvalue weighted by atomic mass is 9.90. The number of rotatable bonds is 10. The molecule has 6 rings (SSSR count). The Bertz CT molecular complexity index is 1950. The number of aromatic amines is 1. The molecule has 5 aromatic rings. The number of phenolic OH excluding ortho intramolecular Hbond substituents is 1. The Balaban J connectivity index is 1.06. The first-order valence-electron chi connectivity index (χ1n) is 15.3. The molecule has 8 nitrogen and oxygen atoms in total. The van der Waals surface area contributed by atoms with Gasteiger partial charge in [0, 0.05) is 43.2 Å². The predicted octanol–water partition coefficient (Wildman–Crippen LogP) is 5.32. The minimum atomic E-state index is -0.862. The van der Waals surface area contributed by atoms with Crippen LogP contribution >= 0.6 is 0 Å². The van der Waals surface area contributed by atoms with Crippen LogP contribution in [0.2, 0.25) is 0 Å². The monoisotopic (exact) mass is 613 g/mol. The summed E-state index contributed by atoms with van der Waals surface area (Å²) in [5, 5.41) is 24.7. The standard InChI is InChI=1S/C38H35N3O5/c42-24-33(26-6-2-1-3-7-26)29-9-4-8-28(20-29)30-10-5-19-41(23-30)38(46)27-13-11-25(12-14-27)21-39-22-35(44)31-15-17-34(43)37-32(31)16-18-36(45)40-37/h1-4,6-18,20,24,33,35,39,43-44H,5,19,21-23H2,(H,40,45). The van der Waals surface area contributed by atoms with Crippen LogP contribution in [-0.4, -0.2) is 51.9 Å². The number of nitrogens with one attached hydrogen (secondary N) is 2. The number of aromatic hydroxyl groups is 1. The van der Waals surface area contributed by atoms with Crippen molar-refractivity contribution < 1.29 is 19.8 Å². The molecule has 1 amide bonds. The average Bonchev–Trinajstić information content (AvgIpc) is 3.09. The predicted molar refractivity (Wildman–Crippen MR) is 179 cm³/mol. The summed E-state index contributed by atoms with van der Waals surface area (Å²) in [6, 6.07) is 31.3. The zero-order chi connectivity index (χ0) is 32.0. The molecule has 1 aromatic heterocycles. The van der Waals surface area contributed by atoms with Crippen LogP contribution in [0.3, 0.4) is 0 Å². The molecule has 46 heavy (non-hydrogen) atoms. The highest BCUT2D eigenvalue weighted by molar-refractivity contribution is 5.95. The SMILES string of the molecule is O=CC(c1ccccc1)c1cccc(C2=CCCN(C(=O)c3ccc(CNCC(O)c4ccc(O)c5[nH]c(=O)ccc45)cc3)C2)c1. The molecule has 2 heterocycles. The summed E-state index contributed by atoms with van der Waals surface area (Å²) in [5.74, 6) is -0.438. The molecule has 0 radical (unpaired) electrons. The van der Waals surface area contributed by atoms with E-state index in [1.807, 2.05) is 77.7 Å². The number of hydrogen-bond acceptors (Lipinski definition) is 6. The van der Waals surface area contributed by atoms with Gasteiger partial charge in [0.15, 0.2) is 0 Å². The maximum Gasteiger partial charge on any atom is 0.254 e. The molecule has 0 bridgehead atoms. The second kappa shape index (κ2) is 13.8. The number of pyridine rings is 1. The van der Waals surface area contributed by atoms with Gasteiger partial charge in [-0.3, -0.25) is 9.59 Å². The normalized spacial score (nSPS) is 14.5. The molecule has 0 aliphatic carbocycles. The number of carbonyl (C=O) groups excluding carboxylic acids is 2. The zero-order valence-electron chi connectivity index (χ0n) is 25.2. The fourth-order valence-corrected chi connectivity index (χ4v) is 6.03. The van der Waals surface area contributed by atoms with Gasteiger partial charge < -0.3 is 30.2 Å². The van der Waals surface area contributed by atoms with Gasteiger partial charge in [-0.1, -0.05) is 78.9 Å². The number of nitrogens with zero attached hydrogens (tertiary/aromatic N) is 1. The molecule has 0 saturated carbocycles. The molecule has 1 aliphatic rings. The maximum atomic E-state index is 13.5. The highest BCUT2D eigenvalue weighted by Gasteiger charge is 2.22. The number of aromatic nitrogens is 1. The number of aliphatic hydroxyl groups is 1. The van der Waals surface area contributed by atoms with Gasteiger partial charge in [-0.15, -0.1) is 0 Å². The van der Waals surface area contributed by atoms with Crippen molar-refractivity contribution in [3.63, 3.8) is 0 Å². The van der Waals surface area contributed by atoms with E-state index in [1.165, 1.54) is 12.1 Å². The molecular weight excluding hydrogens is 578 g/mol. The van der Waals surface area contributed by atoms with Crippen molar-refractivity contribution in [1.82, 2.24) is 15.2 Å². The molecule has 0 saturated heterocycles. The van der Waals surface area contributed by atoms with Crippen LogP contribution in [0.15, 0.2) is 114 Å². The third-order valence-electron chi connectivity index (χ3n) is 8.48. The Labute approximate surface area is 266 Å². The van der Waals surface area contributed by atoms with E-state index >= 15 is 0 Å². The summed E-state index contributed by atoms with van der Waals surface area (Å²) < 4.78 is 0. The van der Waals surface area contributed by atoms with Gasteiger partial charge in [-0.2, -0.15) is 0 Å². The van der Waals surface area contributed by atoms with E-state index in [2.05, 4.69) is 22.4 Å².